The summed E-state index contributed by atoms with van der Waals surface area (Å²) in [5.74, 6) is 0.579. The van der Waals surface area contributed by atoms with Gasteiger partial charge in [0.05, 0.1) is 12.8 Å². The van der Waals surface area contributed by atoms with Crippen molar-refractivity contribution in [1.29, 1.82) is 0 Å². The topological polar surface area (TPSA) is 68.3 Å². The highest BCUT2D eigenvalue weighted by Crippen LogP contribution is 2.32. The minimum Gasteiger partial charge on any atom is -0.496 e. The molecule has 5 nitrogen and oxygen atoms in total. The van der Waals surface area contributed by atoms with Crippen molar-refractivity contribution >= 4 is 28.2 Å². The molecule has 0 aliphatic rings. The first-order valence-corrected chi connectivity index (χ1v) is 10.2. The van der Waals surface area contributed by atoms with Crippen molar-refractivity contribution in [2.75, 3.05) is 12.4 Å². The van der Waals surface area contributed by atoms with Crippen LogP contribution in [-0.2, 0) is 4.79 Å². The molecule has 0 spiro atoms. The van der Waals surface area contributed by atoms with E-state index in [1.165, 1.54) is 11.3 Å². The maximum absolute atomic E-state index is 12.3. The maximum atomic E-state index is 12.3. The Morgan fingerprint density at radius 2 is 1.76 bits per heavy atom. The summed E-state index contributed by atoms with van der Waals surface area (Å²) in [5.41, 5.74) is 4.57. The number of hydrogen-bond donors (Lipinski definition) is 1. The molecule has 3 rings (SSSR count). The van der Waals surface area contributed by atoms with Crippen molar-refractivity contribution in [2.24, 2.45) is 0 Å². The first-order valence-electron chi connectivity index (χ1n) is 9.39. The number of benzene rings is 2. The molecule has 3 aromatic rings. The molecule has 0 saturated carbocycles. The number of ether oxygens (including phenoxy) is 1. The molecule has 29 heavy (non-hydrogen) atoms. The lowest BCUT2D eigenvalue weighted by molar-refractivity contribution is -0.116. The van der Waals surface area contributed by atoms with Gasteiger partial charge in [0, 0.05) is 28.8 Å². The number of Topliss-reactive ketones (excluding diaryl/α,β-unsaturated/α-hetero) is 1. The smallest absolute Gasteiger partial charge is 0.226 e. The predicted molar refractivity (Wildman–Crippen MR) is 117 cm³/mol. The molecule has 0 atom stereocenters. The van der Waals surface area contributed by atoms with Crippen LogP contribution in [-0.4, -0.2) is 23.8 Å². The van der Waals surface area contributed by atoms with Gasteiger partial charge >= 0.3 is 0 Å². The number of aryl methyl sites for hydroxylation is 3. The fourth-order valence-corrected chi connectivity index (χ4v) is 3.89. The summed E-state index contributed by atoms with van der Waals surface area (Å²) in [4.78, 5) is 30.1. The number of anilines is 1. The average molecular weight is 409 g/mol. The predicted octanol–water partition coefficient (Wildman–Crippen LogP) is 5.35. The first kappa shape index (κ1) is 20.7. The summed E-state index contributed by atoms with van der Waals surface area (Å²) < 4.78 is 5.31. The third kappa shape index (κ3) is 5.09. The van der Waals surface area contributed by atoms with Gasteiger partial charge in [-0.1, -0.05) is 29.8 Å². The fourth-order valence-electron chi connectivity index (χ4n) is 3.04. The molecule has 6 heteroatoms. The second-order valence-corrected chi connectivity index (χ2v) is 8.15. The Morgan fingerprint density at radius 3 is 2.41 bits per heavy atom. The van der Waals surface area contributed by atoms with Gasteiger partial charge in [0.25, 0.3) is 0 Å². The lowest BCUT2D eigenvalue weighted by Crippen LogP contribution is -2.13. The van der Waals surface area contributed by atoms with Crippen LogP contribution in [0, 0.1) is 20.8 Å². The van der Waals surface area contributed by atoms with Crippen molar-refractivity contribution in [3.05, 3.63) is 64.0 Å². The summed E-state index contributed by atoms with van der Waals surface area (Å²) in [5, 5.41) is 3.36. The molecule has 0 bridgehead atoms. The number of nitrogens with one attached hydrogen (secondary N) is 1. The van der Waals surface area contributed by atoms with Gasteiger partial charge in [-0.2, -0.15) is 0 Å². The van der Waals surface area contributed by atoms with E-state index in [0.29, 0.717) is 10.7 Å². The normalized spacial score (nSPS) is 10.6. The molecule has 0 radical (unpaired) electrons. The number of thiazole rings is 1. The van der Waals surface area contributed by atoms with E-state index in [9.17, 15) is 9.59 Å². The molecule has 2 aromatic carbocycles. The van der Waals surface area contributed by atoms with Gasteiger partial charge in [-0.15, -0.1) is 11.3 Å². The number of nitrogens with zero attached hydrogens (tertiary/aromatic N) is 1. The van der Waals surface area contributed by atoms with Gasteiger partial charge in [-0.25, -0.2) is 4.98 Å². The molecule has 1 amide bonds. The summed E-state index contributed by atoms with van der Waals surface area (Å²) in [6.45, 7) is 5.93. The highest BCUT2D eigenvalue weighted by molar-refractivity contribution is 7.16. The molecular weight excluding hydrogens is 384 g/mol. The molecule has 1 N–H and O–H groups in total. The first-order chi connectivity index (χ1) is 13.9. The van der Waals surface area contributed by atoms with Gasteiger partial charge in [0.15, 0.2) is 10.9 Å². The summed E-state index contributed by atoms with van der Waals surface area (Å²) in [6.07, 6.45) is 0.298. The number of carbonyl (C=O) groups is 2. The van der Waals surface area contributed by atoms with Gasteiger partial charge in [0.2, 0.25) is 5.91 Å². The minimum atomic E-state index is -0.211. The van der Waals surface area contributed by atoms with Crippen molar-refractivity contribution < 1.29 is 14.3 Å². The van der Waals surface area contributed by atoms with E-state index in [1.54, 1.807) is 19.2 Å². The second kappa shape index (κ2) is 9.01. The molecule has 1 aromatic heterocycles. The Kier molecular flexibility index (Phi) is 6.44. The van der Waals surface area contributed by atoms with Gasteiger partial charge < -0.3 is 10.1 Å². The molecule has 0 aliphatic carbocycles. The highest BCUT2D eigenvalue weighted by Gasteiger charge is 2.14. The van der Waals surface area contributed by atoms with Crippen molar-refractivity contribution in [3.63, 3.8) is 0 Å². The zero-order valence-corrected chi connectivity index (χ0v) is 17.9. The van der Waals surface area contributed by atoms with Crippen molar-refractivity contribution in [2.45, 2.75) is 33.6 Å². The van der Waals surface area contributed by atoms with E-state index in [2.05, 4.69) is 10.3 Å². The fraction of sp³-hybridized carbons (Fsp3) is 0.261. The lowest BCUT2D eigenvalue weighted by atomic mass is 10.1. The van der Waals surface area contributed by atoms with Crippen molar-refractivity contribution in [1.82, 2.24) is 4.98 Å². The standard InChI is InChI=1S/C23H24N2O3S/c1-14-5-7-17(8-6-14)19(26)10-12-21(27)24-23-25-22(16(3)29-23)18-9-11-20(28-4)15(2)13-18/h5-9,11,13H,10,12H2,1-4H3,(H,24,25,27). The van der Waals surface area contributed by atoms with Gasteiger partial charge in [-0.05, 0) is 44.5 Å². The van der Waals surface area contributed by atoms with Gasteiger partial charge in [0.1, 0.15) is 5.75 Å². The molecular formula is C23H24N2O3S. The van der Waals surface area contributed by atoms with Crippen LogP contribution < -0.4 is 10.1 Å². The Labute approximate surface area is 174 Å². The summed E-state index contributed by atoms with van der Waals surface area (Å²) in [6, 6.07) is 13.3. The summed E-state index contributed by atoms with van der Waals surface area (Å²) in [7, 11) is 1.65. The van der Waals surface area contributed by atoms with E-state index in [-0.39, 0.29) is 24.5 Å². The number of amides is 1. The van der Waals surface area contributed by atoms with Crippen LogP contribution in [0.25, 0.3) is 11.3 Å². The quantitative estimate of drug-likeness (QED) is 0.536. The molecule has 0 saturated heterocycles. The lowest BCUT2D eigenvalue weighted by Gasteiger charge is -2.06. The highest BCUT2D eigenvalue weighted by atomic mass is 32.1. The zero-order chi connectivity index (χ0) is 21.0. The molecule has 0 unspecified atom stereocenters. The number of hydrogen-bond acceptors (Lipinski definition) is 5. The third-order valence-corrected chi connectivity index (χ3v) is 5.55. The minimum absolute atomic E-state index is 0.0372. The Morgan fingerprint density at radius 1 is 1.03 bits per heavy atom. The van der Waals surface area contributed by atoms with E-state index >= 15 is 0 Å². The van der Waals surface area contributed by atoms with E-state index in [4.69, 9.17) is 4.74 Å². The average Bonchev–Trinajstić information content (AvgIpc) is 3.06. The summed E-state index contributed by atoms with van der Waals surface area (Å²) >= 11 is 1.43. The zero-order valence-electron chi connectivity index (χ0n) is 17.0. The Bertz CT molecular complexity index is 1040. The molecule has 1 heterocycles. The van der Waals surface area contributed by atoms with Crippen molar-refractivity contribution in [3.8, 4) is 17.0 Å². The van der Waals surface area contributed by atoms with Crippen LogP contribution in [0.2, 0.25) is 0 Å². The van der Waals surface area contributed by atoms with Crippen LogP contribution in [0.1, 0.15) is 39.2 Å². The molecule has 0 aliphatic heterocycles. The van der Waals surface area contributed by atoms with Crippen LogP contribution in [0.15, 0.2) is 42.5 Å². The van der Waals surface area contributed by atoms with Crippen LogP contribution in [0.5, 0.6) is 5.75 Å². The SMILES string of the molecule is COc1ccc(-c2nc(NC(=O)CCC(=O)c3ccc(C)cc3)sc2C)cc1C. The maximum Gasteiger partial charge on any atom is 0.226 e. The number of rotatable bonds is 7. The Hall–Kier alpha value is -2.99. The third-order valence-electron chi connectivity index (χ3n) is 4.66. The van der Waals surface area contributed by atoms with Gasteiger partial charge in [-0.3, -0.25) is 9.59 Å². The Balaban J connectivity index is 1.62. The van der Waals surface area contributed by atoms with Crippen LogP contribution in [0.3, 0.4) is 0 Å². The number of carbonyl (C=O) groups excluding carboxylic acids is 2. The van der Waals surface area contributed by atoms with E-state index in [1.807, 2.05) is 51.1 Å². The van der Waals surface area contributed by atoms with Crippen LogP contribution >= 0.6 is 11.3 Å². The largest absolute Gasteiger partial charge is 0.496 e. The van der Waals surface area contributed by atoms with E-state index < -0.39 is 0 Å². The monoisotopic (exact) mass is 408 g/mol. The van der Waals surface area contributed by atoms with E-state index in [0.717, 1.165) is 33.0 Å². The second-order valence-electron chi connectivity index (χ2n) is 6.95. The number of methoxy groups -OCH3 is 1. The number of ketones is 1. The number of aromatic nitrogens is 1. The molecule has 150 valence electrons. The van der Waals surface area contributed by atoms with Crippen LogP contribution in [0.4, 0.5) is 5.13 Å². The molecule has 0 fully saturated rings.